The van der Waals surface area contributed by atoms with Gasteiger partial charge in [-0.25, -0.2) is 0 Å². The monoisotopic (exact) mass is 255 g/mol. The molecule has 13 heavy (non-hydrogen) atoms. The van der Waals surface area contributed by atoms with Crippen LogP contribution in [0.1, 0.15) is 12.8 Å². The number of aliphatic hydroxyl groups excluding tert-OH is 1. The Labute approximate surface area is 97.8 Å². The summed E-state index contributed by atoms with van der Waals surface area (Å²) in [6, 6.07) is 0.603. The van der Waals surface area contributed by atoms with Crippen molar-refractivity contribution in [2.24, 2.45) is 0 Å². The van der Waals surface area contributed by atoms with Crippen LogP contribution < -0.4 is 54.4 Å². The number of quaternary nitrogens is 3. The van der Waals surface area contributed by atoms with Crippen molar-refractivity contribution in [3.63, 3.8) is 0 Å². The summed E-state index contributed by atoms with van der Waals surface area (Å²) in [7, 11) is 0. The second-order valence-corrected chi connectivity index (χ2v) is 2.78. The van der Waals surface area contributed by atoms with E-state index in [4.69, 9.17) is 5.11 Å². The summed E-state index contributed by atoms with van der Waals surface area (Å²) < 4.78 is 0. The average Bonchev–Trinajstić information content (AvgIpc) is 1.99. The fraction of sp³-hybridized carbons (Fsp3) is 1.00. The van der Waals surface area contributed by atoms with Gasteiger partial charge in [-0.15, -0.1) is 0 Å². The number of halogens is 3. The van der Waals surface area contributed by atoms with Gasteiger partial charge in [-0.1, -0.05) is 0 Å². The largest absolute Gasteiger partial charge is 1.00 e. The first-order valence-corrected chi connectivity index (χ1v) is 3.77. The minimum Gasteiger partial charge on any atom is -1.00 e. The van der Waals surface area contributed by atoms with Crippen LogP contribution >= 0.6 is 0 Å². The molecule has 0 rings (SSSR count). The molecule has 10 N–H and O–H groups in total. The van der Waals surface area contributed by atoms with E-state index in [0.29, 0.717) is 6.04 Å². The summed E-state index contributed by atoms with van der Waals surface area (Å²) in [4.78, 5) is 0. The minimum absolute atomic E-state index is 0. The molecule has 0 aromatic rings. The molecule has 7 heteroatoms. The summed E-state index contributed by atoms with van der Waals surface area (Å²) in [5.41, 5.74) is 11.4. The summed E-state index contributed by atoms with van der Waals surface area (Å²) >= 11 is 0. The van der Waals surface area contributed by atoms with Gasteiger partial charge in [0, 0.05) is 12.8 Å². The molecule has 0 fully saturated rings. The Kier molecular flexibility index (Phi) is 27.5. The first-order chi connectivity index (χ1) is 4.70. The summed E-state index contributed by atoms with van der Waals surface area (Å²) in [6.45, 7) is 1.06. The number of aliphatic hydroxyl groups is 1. The van der Waals surface area contributed by atoms with Crippen molar-refractivity contribution in [1.82, 2.24) is 0 Å². The zero-order valence-corrected chi connectivity index (χ0v) is 9.95. The predicted octanol–water partition coefficient (Wildman–Crippen LogP) is -12.8. The molecule has 0 aliphatic carbocycles. The Morgan fingerprint density at radius 1 is 0.923 bits per heavy atom. The molecule has 0 aliphatic heterocycles. The van der Waals surface area contributed by atoms with Crippen molar-refractivity contribution < 1.29 is 59.5 Å². The van der Waals surface area contributed by atoms with Crippen LogP contribution in [-0.2, 0) is 0 Å². The van der Waals surface area contributed by atoms with Crippen molar-refractivity contribution in [3.8, 4) is 0 Å². The molecule has 2 atom stereocenters. The quantitative estimate of drug-likeness (QED) is 0.386. The second-order valence-electron chi connectivity index (χ2n) is 2.78. The van der Waals surface area contributed by atoms with Gasteiger partial charge < -0.3 is 59.5 Å². The molecule has 4 nitrogen and oxygen atoms in total. The summed E-state index contributed by atoms with van der Waals surface area (Å²) in [6.07, 6.45) is 1.98. The average molecular weight is 257 g/mol. The van der Waals surface area contributed by atoms with Gasteiger partial charge in [0.05, 0.1) is 6.61 Å². The molecule has 0 spiro atoms. The van der Waals surface area contributed by atoms with Crippen LogP contribution in [0.5, 0.6) is 0 Å². The van der Waals surface area contributed by atoms with Crippen LogP contribution in [0.3, 0.4) is 0 Å². The van der Waals surface area contributed by atoms with Gasteiger partial charge in [0.2, 0.25) is 0 Å². The van der Waals surface area contributed by atoms with Crippen LogP contribution in [-0.4, -0.2) is 30.3 Å². The van der Waals surface area contributed by atoms with Gasteiger partial charge in [0.1, 0.15) is 18.6 Å². The SMILES string of the molecule is [Cl-].[Cl-].[Cl-].[NH3+]CC([NH3+])CCC([NH3+])CO. The summed E-state index contributed by atoms with van der Waals surface area (Å²) in [5.74, 6) is 0. The Morgan fingerprint density at radius 2 is 1.31 bits per heavy atom. The fourth-order valence-corrected chi connectivity index (χ4v) is 0.707. The van der Waals surface area contributed by atoms with E-state index >= 15 is 0 Å². The van der Waals surface area contributed by atoms with Gasteiger partial charge in [-0.3, -0.25) is 0 Å². The molecule has 0 aromatic carbocycles. The lowest BCUT2D eigenvalue weighted by Gasteiger charge is -2.05. The van der Waals surface area contributed by atoms with Gasteiger partial charge in [-0.2, -0.15) is 0 Å². The minimum atomic E-state index is 0. The topological polar surface area (TPSA) is 103 Å². The highest BCUT2D eigenvalue weighted by Crippen LogP contribution is 1.92. The Hall–Kier alpha value is 0.710. The van der Waals surface area contributed by atoms with Gasteiger partial charge >= 0.3 is 0 Å². The maximum absolute atomic E-state index is 8.62. The Bertz CT molecular complexity index is 79.5. The van der Waals surface area contributed by atoms with Crippen molar-refractivity contribution in [1.29, 1.82) is 0 Å². The highest BCUT2D eigenvalue weighted by atomic mass is 35.5. The van der Waals surface area contributed by atoms with Gasteiger partial charge in [0.15, 0.2) is 0 Å². The van der Waals surface area contributed by atoms with E-state index in [1.807, 2.05) is 0 Å². The Morgan fingerprint density at radius 3 is 1.62 bits per heavy atom. The van der Waals surface area contributed by atoms with Crippen molar-refractivity contribution in [3.05, 3.63) is 0 Å². The zero-order chi connectivity index (χ0) is 7.98. The first kappa shape index (κ1) is 23.5. The van der Waals surface area contributed by atoms with Crippen molar-refractivity contribution >= 4 is 0 Å². The highest BCUT2D eigenvalue weighted by Gasteiger charge is 2.10. The van der Waals surface area contributed by atoms with Crippen molar-refractivity contribution in [2.75, 3.05) is 13.2 Å². The highest BCUT2D eigenvalue weighted by molar-refractivity contribution is 4.55. The molecular formula is C6H20Cl3N3O. The lowest BCUT2D eigenvalue weighted by Crippen LogP contribution is -3.00. The van der Waals surface area contributed by atoms with Gasteiger partial charge in [0.25, 0.3) is 0 Å². The molecule has 0 heterocycles. The van der Waals surface area contributed by atoms with Crippen LogP contribution in [0.2, 0.25) is 0 Å². The molecule has 2 unspecified atom stereocenters. The first-order valence-electron chi connectivity index (χ1n) is 3.77. The maximum Gasteiger partial charge on any atom is 0.134 e. The Balaban J connectivity index is -0.000000135. The van der Waals surface area contributed by atoms with Crippen LogP contribution in [0.25, 0.3) is 0 Å². The third kappa shape index (κ3) is 15.5. The molecular weight excluding hydrogens is 236 g/mol. The standard InChI is InChI=1S/C6H17N3O.3ClH/c7-3-5(8)1-2-6(9)4-10;;;/h5-6,10H,1-4,7-9H2;3*1H. The van der Waals surface area contributed by atoms with E-state index in [2.05, 4.69) is 17.2 Å². The molecule has 0 saturated carbocycles. The molecule has 86 valence electrons. The third-order valence-electron chi connectivity index (χ3n) is 1.65. The lowest BCUT2D eigenvalue weighted by molar-refractivity contribution is -0.497. The smallest absolute Gasteiger partial charge is 0.134 e. The van der Waals surface area contributed by atoms with Crippen molar-refractivity contribution in [2.45, 2.75) is 24.9 Å². The van der Waals surface area contributed by atoms with E-state index in [1.165, 1.54) is 0 Å². The van der Waals surface area contributed by atoms with E-state index in [-0.39, 0.29) is 49.9 Å². The third-order valence-corrected chi connectivity index (χ3v) is 1.65. The number of rotatable bonds is 5. The normalized spacial score (nSPS) is 12.9. The van der Waals surface area contributed by atoms with E-state index in [1.54, 1.807) is 0 Å². The van der Waals surface area contributed by atoms with Crippen LogP contribution in [0.4, 0.5) is 0 Å². The molecule has 0 radical (unpaired) electrons. The molecule has 0 saturated heterocycles. The molecule has 0 aromatic heterocycles. The molecule has 0 amide bonds. The van der Waals surface area contributed by atoms with Gasteiger partial charge in [-0.05, 0) is 0 Å². The van der Waals surface area contributed by atoms with Crippen LogP contribution in [0, 0.1) is 0 Å². The lowest BCUT2D eigenvalue weighted by atomic mass is 10.1. The number of hydrogen-bond donors (Lipinski definition) is 4. The van der Waals surface area contributed by atoms with Crippen LogP contribution in [0.15, 0.2) is 0 Å². The predicted molar refractivity (Wildman–Crippen MR) is 37.4 cm³/mol. The number of hydrogen-bond acceptors (Lipinski definition) is 1. The van der Waals surface area contributed by atoms with E-state index < -0.39 is 0 Å². The maximum atomic E-state index is 8.62. The summed E-state index contributed by atoms with van der Waals surface area (Å²) in [5, 5.41) is 8.62. The fourth-order valence-electron chi connectivity index (χ4n) is 0.707. The van der Waals surface area contributed by atoms with E-state index in [0.717, 1.165) is 19.4 Å². The zero-order valence-electron chi connectivity index (χ0n) is 7.69. The molecule has 0 aliphatic rings. The van der Waals surface area contributed by atoms with E-state index in [9.17, 15) is 0 Å². The molecule has 0 bridgehead atoms. The second kappa shape index (κ2) is 15.2.